The van der Waals surface area contributed by atoms with E-state index in [4.69, 9.17) is 9.15 Å². The molecule has 0 aliphatic carbocycles. The summed E-state index contributed by atoms with van der Waals surface area (Å²) in [7, 11) is 1.33. The number of nitrogens with one attached hydrogen (secondary N) is 2. The van der Waals surface area contributed by atoms with Crippen LogP contribution in [0, 0.1) is 18.4 Å². The maximum absolute atomic E-state index is 13.3. The first kappa shape index (κ1) is 25.8. The summed E-state index contributed by atoms with van der Waals surface area (Å²) in [6.45, 7) is 3.83. The summed E-state index contributed by atoms with van der Waals surface area (Å²) in [6, 6.07) is 6.69. The van der Waals surface area contributed by atoms with Gasteiger partial charge < -0.3 is 29.2 Å². The zero-order valence-electron chi connectivity index (χ0n) is 21.0. The quantitative estimate of drug-likeness (QED) is 0.275. The van der Waals surface area contributed by atoms with Gasteiger partial charge in [-0.1, -0.05) is 0 Å². The number of fused-ring (bicyclic) bond motifs is 1. The molecule has 2 aliphatic rings. The van der Waals surface area contributed by atoms with Gasteiger partial charge in [0, 0.05) is 43.8 Å². The Kier molecular flexibility index (Phi) is 8.12. The van der Waals surface area contributed by atoms with Crippen LogP contribution in [0.2, 0.25) is 0 Å². The molecule has 37 heavy (non-hydrogen) atoms. The molecule has 2 N–H and O–H groups in total. The van der Waals surface area contributed by atoms with Gasteiger partial charge in [0.15, 0.2) is 6.19 Å². The normalized spacial score (nSPS) is 18.8. The molecule has 0 radical (unpaired) electrons. The maximum Gasteiger partial charge on any atom is 0.409 e. The van der Waals surface area contributed by atoms with Crippen LogP contribution in [0.1, 0.15) is 25.0 Å². The molecule has 1 aromatic heterocycles. The van der Waals surface area contributed by atoms with Crippen molar-refractivity contribution in [1.82, 2.24) is 20.0 Å². The number of anilines is 1. The highest BCUT2D eigenvalue weighted by molar-refractivity contribution is 5.98. The molecule has 1 aromatic carbocycles. The van der Waals surface area contributed by atoms with Crippen molar-refractivity contribution in [2.45, 2.75) is 32.2 Å². The Morgan fingerprint density at radius 2 is 1.92 bits per heavy atom. The first-order valence-corrected chi connectivity index (χ1v) is 12.3. The number of ether oxygens (including phenoxy) is 1. The minimum absolute atomic E-state index is 0.0476. The number of piperazine rings is 1. The van der Waals surface area contributed by atoms with Crippen molar-refractivity contribution in [2.75, 3.05) is 51.7 Å². The summed E-state index contributed by atoms with van der Waals surface area (Å²) in [5.41, 5.74) is 1.44. The van der Waals surface area contributed by atoms with Crippen molar-refractivity contribution in [2.24, 2.45) is 4.99 Å². The fraction of sp³-hybridized carbons (Fsp3) is 0.480. The molecule has 12 nitrogen and oxygen atoms in total. The van der Waals surface area contributed by atoms with Crippen molar-refractivity contribution in [3.8, 4) is 6.19 Å². The van der Waals surface area contributed by atoms with E-state index in [9.17, 15) is 19.6 Å². The van der Waals surface area contributed by atoms with Gasteiger partial charge >= 0.3 is 6.09 Å². The predicted molar refractivity (Wildman–Crippen MR) is 136 cm³/mol. The number of amides is 3. The van der Waals surface area contributed by atoms with Crippen molar-refractivity contribution in [3.05, 3.63) is 30.0 Å². The highest BCUT2D eigenvalue weighted by atomic mass is 16.5. The molecule has 2 aromatic rings. The summed E-state index contributed by atoms with van der Waals surface area (Å²) >= 11 is 0. The molecule has 2 saturated heterocycles. The monoisotopic (exact) mass is 509 g/mol. The molecule has 0 saturated carbocycles. The topological polar surface area (TPSA) is 144 Å². The van der Waals surface area contributed by atoms with Crippen LogP contribution in [-0.2, 0) is 14.3 Å². The second-order valence-corrected chi connectivity index (χ2v) is 9.06. The highest BCUT2D eigenvalue weighted by Crippen LogP contribution is 2.23. The predicted octanol–water partition coefficient (Wildman–Crippen LogP) is 1.87. The summed E-state index contributed by atoms with van der Waals surface area (Å²) in [5.74, 6) is 0.534. The summed E-state index contributed by atoms with van der Waals surface area (Å²) in [6.07, 6.45) is 3.49. The van der Waals surface area contributed by atoms with Gasteiger partial charge in [0.1, 0.15) is 17.4 Å². The third-order valence-electron chi connectivity index (χ3n) is 6.51. The largest absolute Gasteiger partial charge is 0.461 e. The van der Waals surface area contributed by atoms with Gasteiger partial charge in [-0.2, -0.15) is 5.26 Å². The smallest absolute Gasteiger partial charge is 0.409 e. The summed E-state index contributed by atoms with van der Waals surface area (Å²) < 4.78 is 10.3. The number of rotatable bonds is 4. The number of aliphatic imine (C=N–C) groups is 1. The van der Waals surface area contributed by atoms with Crippen LogP contribution in [0.15, 0.2) is 33.7 Å². The van der Waals surface area contributed by atoms with Crippen LogP contribution in [-0.4, -0.2) is 91.0 Å². The number of hydrogen-bond acceptors (Lipinski definition) is 7. The molecule has 4 rings (SSSR count). The molecule has 1 atom stereocenters. The van der Waals surface area contributed by atoms with E-state index in [0.29, 0.717) is 44.8 Å². The number of nitriles is 1. The lowest BCUT2D eigenvalue weighted by Gasteiger charge is -2.35. The van der Waals surface area contributed by atoms with Crippen LogP contribution >= 0.6 is 0 Å². The number of nitrogens with zero attached hydrogens (tertiary/aromatic N) is 5. The second-order valence-electron chi connectivity index (χ2n) is 9.06. The molecule has 1 unspecified atom stereocenters. The molecule has 3 heterocycles. The van der Waals surface area contributed by atoms with E-state index in [1.807, 2.05) is 31.3 Å². The number of carbonyl (C=O) groups excluding carboxylic acids is 3. The Morgan fingerprint density at radius 3 is 2.65 bits per heavy atom. The van der Waals surface area contributed by atoms with Crippen molar-refractivity contribution < 1.29 is 23.5 Å². The maximum atomic E-state index is 13.3. The lowest BCUT2D eigenvalue weighted by atomic mass is 10.1. The number of benzene rings is 1. The van der Waals surface area contributed by atoms with E-state index in [1.165, 1.54) is 7.11 Å². The lowest BCUT2D eigenvalue weighted by Crippen LogP contribution is -2.53. The van der Waals surface area contributed by atoms with Gasteiger partial charge in [0.2, 0.25) is 17.8 Å². The molecular weight excluding hydrogens is 478 g/mol. The van der Waals surface area contributed by atoms with E-state index in [2.05, 4.69) is 15.6 Å². The van der Waals surface area contributed by atoms with E-state index < -0.39 is 12.1 Å². The number of likely N-dealkylation sites (tertiary alicyclic amines) is 1. The number of furan rings is 1. The average Bonchev–Trinajstić information content (AvgIpc) is 3.19. The Bertz CT molecular complexity index is 1230. The fourth-order valence-corrected chi connectivity index (χ4v) is 4.59. The third kappa shape index (κ3) is 6.30. The van der Waals surface area contributed by atoms with Crippen LogP contribution in [0.3, 0.4) is 0 Å². The van der Waals surface area contributed by atoms with Gasteiger partial charge in [-0.3, -0.25) is 14.9 Å². The first-order valence-electron chi connectivity index (χ1n) is 12.3. The molecule has 3 amide bonds. The second kappa shape index (κ2) is 11.6. The Morgan fingerprint density at radius 1 is 1.16 bits per heavy atom. The van der Waals surface area contributed by atoms with Gasteiger partial charge in [-0.25, -0.2) is 9.79 Å². The molecular formula is C25H31N7O5. The average molecular weight is 510 g/mol. The fourth-order valence-electron chi connectivity index (χ4n) is 4.59. The van der Waals surface area contributed by atoms with E-state index in [0.717, 1.165) is 29.6 Å². The summed E-state index contributed by atoms with van der Waals surface area (Å²) in [4.78, 5) is 47.2. The van der Waals surface area contributed by atoms with E-state index in [1.54, 1.807) is 20.8 Å². The minimum atomic E-state index is -0.727. The summed E-state index contributed by atoms with van der Waals surface area (Å²) in [5, 5.41) is 15.8. The van der Waals surface area contributed by atoms with Crippen molar-refractivity contribution >= 4 is 40.5 Å². The number of methoxy groups -OCH3 is 1. The van der Waals surface area contributed by atoms with E-state index >= 15 is 0 Å². The van der Waals surface area contributed by atoms with Gasteiger partial charge in [0.05, 0.1) is 13.7 Å². The Balaban J connectivity index is 1.42. The van der Waals surface area contributed by atoms with Crippen LogP contribution in [0.4, 0.5) is 10.5 Å². The molecule has 0 bridgehead atoms. The standard InChI is InChI=1S/C25H31N7O5/c1-17-13-18-14-19(6-7-21(18)37-17)28-24(27-16-26)29-20-5-3-4-8-32(23(20)34)15-22(33)30-9-11-31(12-10-30)25(35)36-2/h6-7,13-14,20H,3-5,8-12,15H2,1-2H3,(H2,27,28,29). The minimum Gasteiger partial charge on any atom is -0.461 e. The zero-order chi connectivity index (χ0) is 26.4. The Labute approximate surface area is 214 Å². The SMILES string of the molecule is COC(=O)N1CCN(C(=O)CN2CCCCC(N=C(NC#N)Nc3ccc4oc(C)cc4c3)C2=O)CC1. The molecule has 2 aliphatic heterocycles. The van der Waals surface area contributed by atoms with Crippen molar-refractivity contribution in [1.29, 1.82) is 5.26 Å². The molecule has 196 valence electrons. The highest BCUT2D eigenvalue weighted by Gasteiger charge is 2.31. The van der Waals surface area contributed by atoms with Crippen LogP contribution < -0.4 is 10.6 Å². The lowest BCUT2D eigenvalue weighted by molar-refractivity contribution is -0.141. The van der Waals surface area contributed by atoms with Gasteiger partial charge in [0.25, 0.3) is 0 Å². The number of hydrogen-bond donors (Lipinski definition) is 2. The first-order chi connectivity index (χ1) is 17.9. The number of aryl methyl sites for hydroxylation is 1. The number of carbonyl (C=O) groups is 3. The Hall–Kier alpha value is -4.27. The molecule has 12 heteroatoms. The van der Waals surface area contributed by atoms with E-state index in [-0.39, 0.29) is 24.3 Å². The van der Waals surface area contributed by atoms with Gasteiger partial charge in [-0.05, 0) is 50.5 Å². The molecule has 2 fully saturated rings. The van der Waals surface area contributed by atoms with Crippen molar-refractivity contribution in [3.63, 3.8) is 0 Å². The zero-order valence-corrected chi connectivity index (χ0v) is 21.0. The number of guanidine groups is 1. The molecule has 0 spiro atoms. The van der Waals surface area contributed by atoms with Gasteiger partial charge in [-0.15, -0.1) is 0 Å². The van der Waals surface area contributed by atoms with Crippen LogP contribution in [0.25, 0.3) is 11.0 Å². The van der Waals surface area contributed by atoms with Crippen LogP contribution in [0.5, 0.6) is 0 Å². The third-order valence-corrected chi connectivity index (χ3v) is 6.51.